The Labute approximate surface area is 157 Å². The maximum absolute atomic E-state index is 11.8. The van der Waals surface area contributed by atoms with Gasteiger partial charge in [0.1, 0.15) is 11.5 Å². The zero-order valence-electron chi connectivity index (χ0n) is 13.1. The van der Waals surface area contributed by atoms with Crippen LogP contribution in [0.3, 0.4) is 0 Å². The Morgan fingerprint density at radius 3 is 2.54 bits per heavy atom. The molecule has 0 radical (unpaired) electrons. The van der Waals surface area contributed by atoms with Crippen LogP contribution in [-0.2, 0) is 4.79 Å². The topological polar surface area (TPSA) is 70.9 Å². The quantitative estimate of drug-likeness (QED) is 0.527. The number of phenols is 1. The summed E-state index contributed by atoms with van der Waals surface area (Å²) in [7, 11) is 0. The maximum Gasteiger partial charge on any atom is 0.277 e. The molecule has 2 aromatic carbocycles. The maximum atomic E-state index is 11.8. The van der Waals surface area contributed by atoms with Crippen LogP contribution in [0.1, 0.15) is 16.7 Å². The molecule has 0 bridgehead atoms. The van der Waals surface area contributed by atoms with Gasteiger partial charge in [-0.1, -0.05) is 15.9 Å². The molecule has 7 heteroatoms. The fraction of sp³-hybridized carbons (Fsp3) is 0.176. The number of nitrogens with one attached hydrogen (secondary N) is 1. The van der Waals surface area contributed by atoms with Crippen molar-refractivity contribution in [2.24, 2.45) is 5.10 Å². The van der Waals surface area contributed by atoms with Crippen LogP contribution in [0.25, 0.3) is 0 Å². The van der Waals surface area contributed by atoms with Gasteiger partial charge in [-0.25, -0.2) is 5.43 Å². The van der Waals surface area contributed by atoms with E-state index >= 15 is 0 Å². The number of hydrazone groups is 1. The highest BCUT2D eigenvalue weighted by Crippen LogP contribution is 2.28. The number of aromatic hydroxyl groups is 1. The van der Waals surface area contributed by atoms with Gasteiger partial charge in [0.2, 0.25) is 0 Å². The van der Waals surface area contributed by atoms with E-state index < -0.39 is 0 Å². The van der Waals surface area contributed by atoms with Gasteiger partial charge in [-0.05, 0) is 76.8 Å². The first kappa shape index (κ1) is 18.5. The summed E-state index contributed by atoms with van der Waals surface area (Å²) < 4.78 is 7.09. The molecule has 2 aromatic rings. The van der Waals surface area contributed by atoms with E-state index in [4.69, 9.17) is 4.74 Å². The number of amides is 1. The van der Waals surface area contributed by atoms with Crippen LogP contribution in [-0.4, -0.2) is 23.8 Å². The van der Waals surface area contributed by atoms with Crippen molar-refractivity contribution in [3.8, 4) is 11.5 Å². The van der Waals surface area contributed by atoms with E-state index in [1.165, 1.54) is 6.21 Å². The fourth-order valence-corrected chi connectivity index (χ4v) is 3.17. The van der Waals surface area contributed by atoms with E-state index in [0.717, 1.165) is 25.6 Å². The number of aryl methyl sites for hydroxylation is 2. The second kappa shape index (κ2) is 8.30. The number of rotatable bonds is 5. The predicted molar refractivity (Wildman–Crippen MR) is 101 cm³/mol. The van der Waals surface area contributed by atoms with E-state index in [1.807, 2.05) is 26.0 Å². The highest BCUT2D eigenvalue weighted by atomic mass is 79.9. The third-order valence-electron chi connectivity index (χ3n) is 3.17. The second-order valence-electron chi connectivity index (χ2n) is 5.16. The summed E-state index contributed by atoms with van der Waals surface area (Å²) in [5, 5.41) is 13.6. The average molecular weight is 456 g/mol. The number of benzene rings is 2. The lowest BCUT2D eigenvalue weighted by atomic mass is 10.1. The van der Waals surface area contributed by atoms with Crippen molar-refractivity contribution in [1.82, 2.24) is 5.43 Å². The first-order chi connectivity index (χ1) is 11.4. The molecular weight excluding hydrogens is 440 g/mol. The van der Waals surface area contributed by atoms with Gasteiger partial charge >= 0.3 is 0 Å². The van der Waals surface area contributed by atoms with Gasteiger partial charge in [-0.3, -0.25) is 4.79 Å². The van der Waals surface area contributed by atoms with Crippen molar-refractivity contribution in [3.63, 3.8) is 0 Å². The van der Waals surface area contributed by atoms with Crippen molar-refractivity contribution in [2.45, 2.75) is 13.8 Å². The SMILES string of the molecule is Cc1cc(/C=N/NC(=O)COc2ccc(Br)cc2Br)cc(C)c1O. The van der Waals surface area contributed by atoms with Gasteiger partial charge in [0, 0.05) is 4.47 Å². The standard InChI is InChI=1S/C17H16Br2N2O3/c1-10-5-12(6-11(2)17(10)23)8-20-21-16(22)9-24-15-4-3-13(18)7-14(15)19/h3-8,23H,9H2,1-2H3,(H,21,22)/b20-8+. The first-order valence-electron chi connectivity index (χ1n) is 7.07. The molecule has 126 valence electrons. The smallest absolute Gasteiger partial charge is 0.277 e. The molecule has 0 heterocycles. The largest absolute Gasteiger partial charge is 0.507 e. The molecule has 2 N–H and O–H groups in total. The summed E-state index contributed by atoms with van der Waals surface area (Å²) in [5.41, 5.74) is 4.71. The van der Waals surface area contributed by atoms with E-state index in [1.54, 1.807) is 18.2 Å². The number of hydrogen-bond acceptors (Lipinski definition) is 4. The molecule has 0 saturated carbocycles. The molecule has 0 aliphatic carbocycles. The highest BCUT2D eigenvalue weighted by Gasteiger charge is 2.06. The van der Waals surface area contributed by atoms with E-state index in [0.29, 0.717) is 5.75 Å². The number of carbonyl (C=O) groups excluding carboxylic acids is 1. The van der Waals surface area contributed by atoms with Gasteiger partial charge in [-0.15, -0.1) is 0 Å². The Morgan fingerprint density at radius 1 is 1.25 bits per heavy atom. The molecule has 0 fully saturated rings. The van der Waals surface area contributed by atoms with Crippen molar-refractivity contribution < 1.29 is 14.6 Å². The minimum absolute atomic E-state index is 0.148. The van der Waals surface area contributed by atoms with Crippen molar-refractivity contribution in [3.05, 3.63) is 56.0 Å². The molecule has 24 heavy (non-hydrogen) atoms. The molecule has 1 amide bonds. The molecule has 0 atom stereocenters. The summed E-state index contributed by atoms with van der Waals surface area (Å²) in [6, 6.07) is 8.99. The minimum atomic E-state index is -0.367. The molecule has 5 nitrogen and oxygen atoms in total. The third-order valence-corrected chi connectivity index (χ3v) is 4.28. The first-order valence-corrected chi connectivity index (χ1v) is 8.65. The Balaban J connectivity index is 1.89. The molecular formula is C17H16Br2N2O3. The van der Waals surface area contributed by atoms with Crippen LogP contribution < -0.4 is 10.2 Å². The number of phenolic OH excluding ortho intramolecular Hbond substituents is 1. The second-order valence-corrected chi connectivity index (χ2v) is 6.93. The third kappa shape index (κ3) is 5.07. The minimum Gasteiger partial charge on any atom is -0.507 e. The number of hydrogen-bond donors (Lipinski definition) is 2. The summed E-state index contributed by atoms with van der Waals surface area (Å²) >= 11 is 6.71. The molecule has 2 rings (SSSR count). The monoisotopic (exact) mass is 454 g/mol. The fourth-order valence-electron chi connectivity index (χ4n) is 2.01. The van der Waals surface area contributed by atoms with E-state index in [9.17, 15) is 9.90 Å². The van der Waals surface area contributed by atoms with E-state index in [2.05, 4.69) is 42.4 Å². The zero-order valence-corrected chi connectivity index (χ0v) is 16.3. The lowest BCUT2D eigenvalue weighted by molar-refractivity contribution is -0.123. The molecule has 0 aromatic heterocycles. The Morgan fingerprint density at radius 2 is 1.92 bits per heavy atom. The van der Waals surface area contributed by atoms with Crippen LogP contribution in [0.5, 0.6) is 11.5 Å². The Hall–Kier alpha value is -1.86. The van der Waals surface area contributed by atoms with E-state index in [-0.39, 0.29) is 18.3 Å². The summed E-state index contributed by atoms with van der Waals surface area (Å²) in [4.78, 5) is 11.8. The number of carbonyl (C=O) groups is 1. The van der Waals surface area contributed by atoms with Gasteiger partial charge in [-0.2, -0.15) is 5.10 Å². The molecule has 0 aliphatic heterocycles. The van der Waals surface area contributed by atoms with Gasteiger partial charge < -0.3 is 9.84 Å². The number of nitrogens with zero attached hydrogens (tertiary/aromatic N) is 1. The Bertz CT molecular complexity index is 768. The van der Waals surface area contributed by atoms with Crippen LogP contribution in [0.2, 0.25) is 0 Å². The predicted octanol–water partition coefficient (Wildman–Crippen LogP) is 4.06. The average Bonchev–Trinajstić information content (AvgIpc) is 2.51. The van der Waals surface area contributed by atoms with Crippen molar-refractivity contribution >= 4 is 44.0 Å². The van der Waals surface area contributed by atoms with Crippen LogP contribution in [0.15, 0.2) is 44.4 Å². The van der Waals surface area contributed by atoms with Gasteiger partial charge in [0.05, 0.1) is 10.7 Å². The highest BCUT2D eigenvalue weighted by molar-refractivity contribution is 9.11. The summed E-state index contributed by atoms with van der Waals surface area (Å²) in [5.74, 6) is 0.472. The molecule has 0 aliphatic rings. The lowest BCUT2D eigenvalue weighted by Crippen LogP contribution is -2.24. The van der Waals surface area contributed by atoms with Gasteiger partial charge in [0.15, 0.2) is 6.61 Å². The lowest BCUT2D eigenvalue weighted by Gasteiger charge is -2.07. The Kier molecular flexibility index (Phi) is 6.39. The number of ether oxygens (including phenoxy) is 1. The molecule has 0 unspecified atom stereocenters. The van der Waals surface area contributed by atoms with Crippen LogP contribution in [0, 0.1) is 13.8 Å². The normalized spacial score (nSPS) is 10.8. The summed E-state index contributed by atoms with van der Waals surface area (Å²) in [6.45, 7) is 3.47. The molecule has 0 saturated heterocycles. The zero-order chi connectivity index (χ0) is 17.7. The van der Waals surface area contributed by atoms with Crippen molar-refractivity contribution in [1.29, 1.82) is 0 Å². The molecule has 0 spiro atoms. The van der Waals surface area contributed by atoms with Gasteiger partial charge in [0.25, 0.3) is 5.91 Å². The van der Waals surface area contributed by atoms with Crippen molar-refractivity contribution in [2.75, 3.05) is 6.61 Å². The van der Waals surface area contributed by atoms with Crippen LogP contribution in [0.4, 0.5) is 0 Å². The number of halogens is 2. The van der Waals surface area contributed by atoms with Crippen LogP contribution >= 0.6 is 31.9 Å². The summed E-state index contributed by atoms with van der Waals surface area (Å²) in [6.07, 6.45) is 1.52.